The minimum Gasteiger partial charge on any atom is -0.396 e. The SMILES string of the molecule is CC(C)(CO)[C@@H](O)C(=O)NCCC(=O)C(=O)NCc1ccc(F)cc1. The fourth-order valence-electron chi connectivity index (χ4n) is 1.83. The predicted octanol–water partition coefficient (Wildman–Crippen LogP) is -0.103. The quantitative estimate of drug-likeness (QED) is 0.462. The summed E-state index contributed by atoms with van der Waals surface area (Å²) in [5.41, 5.74) is -0.370. The highest BCUT2D eigenvalue weighted by Crippen LogP contribution is 2.19. The molecule has 2 amide bonds. The summed E-state index contributed by atoms with van der Waals surface area (Å²) in [6.07, 6.45) is -1.66. The van der Waals surface area contributed by atoms with E-state index in [4.69, 9.17) is 5.11 Å². The topological polar surface area (TPSA) is 116 Å². The van der Waals surface area contributed by atoms with Crippen molar-refractivity contribution in [3.8, 4) is 0 Å². The number of aliphatic hydroxyl groups is 2. The van der Waals surface area contributed by atoms with Gasteiger partial charge < -0.3 is 20.8 Å². The first-order chi connectivity index (χ1) is 11.7. The molecule has 0 radical (unpaired) electrons. The van der Waals surface area contributed by atoms with E-state index in [0.29, 0.717) is 5.56 Å². The number of carbonyl (C=O) groups excluding carboxylic acids is 3. The number of hydrogen-bond acceptors (Lipinski definition) is 5. The van der Waals surface area contributed by atoms with Crippen LogP contribution in [0.4, 0.5) is 4.39 Å². The van der Waals surface area contributed by atoms with Crippen LogP contribution >= 0.6 is 0 Å². The van der Waals surface area contributed by atoms with Crippen LogP contribution in [0.2, 0.25) is 0 Å². The Hall–Kier alpha value is -2.32. The predicted molar refractivity (Wildman–Crippen MR) is 87.8 cm³/mol. The summed E-state index contributed by atoms with van der Waals surface area (Å²) in [7, 11) is 0. The summed E-state index contributed by atoms with van der Waals surface area (Å²) in [6, 6.07) is 5.48. The highest BCUT2D eigenvalue weighted by molar-refractivity contribution is 6.36. The molecule has 138 valence electrons. The van der Waals surface area contributed by atoms with E-state index >= 15 is 0 Å². The van der Waals surface area contributed by atoms with Crippen LogP contribution < -0.4 is 10.6 Å². The van der Waals surface area contributed by atoms with Gasteiger partial charge in [0.05, 0.1) is 6.61 Å². The van der Waals surface area contributed by atoms with Gasteiger partial charge in [0.15, 0.2) is 0 Å². The molecule has 1 atom stereocenters. The van der Waals surface area contributed by atoms with Crippen LogP contribution in [0.15, 0.2) is 24.3 Å². The lowest BCUT2D eigenvalue weighted by Gasteiger charge is -2.27. The van der Waals surface area contributed by atoms with Gasteiger partial charge in [-0.25, -0.2) is 4.39 Å². The molecular formula is C17H23FN2O5. The number of rotatable bonds is 9. The monoisotopic (exact) mass is 354 g/mol. The van der Waals surface area contributed by atoms with Crippen molar-refractivity contribution < 1.29 is 29.0 Å². The number of ketones is 1. The lowest BCUT2D eigenvalue weighted by Crippen LogP contribution is -2.46. The second-order valence-corrected chi connectivity index (χ2v) is 6.32. The summed E-state index contributed by atoms with van der Waals surface area (Å²) < 4.78 is 12.8. The highest BCUT2D eigenvalue weighted by atomic mass is 19.1. The normalized spacial score (nSPS) is 12.4. The molecule has 0 aromatic heterocycles. The number of halogens is 1. The van der Waals surface area contributed by atoms with Crippen molar-refractivity contribution in [1.29, 1.82) is 0 Å². The van der Waals surface area contributed by atoms with Crippen molar-refractivity contribution >= 4 is 17.6 Å². The molecule has 0 aliphatic rings. The van der Waals surface area contributed by atoms with Crippen molar-refractivity contribution in [3.63, 3.8) is 0 Å². The number of aliphatic hydroxyl groups excluding tert-OH is 2. The first-order valence-electron chi connectivity index (χ1n) is 7.79. The van der Waals surface area contributed by atoms with Crippen LogP contribution in [0.3, 0.4) is 0 Å². The van der Waals surface area contributed by atoms with E-state index in [1.165, 1.54) is 38.1 Å². The number of nitrogens with one attached hydrogen (secondary N) is 2. The molecule has 0 saturated carbocycles. The molecule has 0 unspecified atom stereocenters. The first kappa shape index (κ1) is 20.7. The third-order valence-corrected chi connectivity index (χ3v) is 3.67. The molecule has 0 fully saturated rings. The zero-order valence-corrected chi connectivity index (χ0v) is 14.2. The molecule has 1 rings (SSSR count). The molecule has 0 aliphatic carbocycles. The van der Waals surface area contributed by atoms with E-state index < -0.39 is 34.9 Å². The minimum absolute atomic E-state index is 0.0839. The van der Waals surface area contributed by atoms with E-state index in [0.717, 1.165) is 0 Å². The Balaban J connectivity index is 2.35. The molecule has 25 heavy (non-hydrogen) atoms. The number of benzene rings is 1. The summed E-state index contributed by atoms with van der Waals surface area (Å²) in [5, 5.41) is 23.6. The van der Waals surface area contributed by atoms with Crippen molar-refractivity contribution in [2.24, 2.45) is 5.41 Å². The highest BCUT2D eigenvalue weighted by Gasteiger charge is 2.32. The Morgan fingerprint density at radius 1 is 1.16 bits per heavy atom. The van der Waals surface area contributed by atoms with Crippen molar-refractivity contribution in [1.82, 2.24) is 10.6 Å². The fraction of sp³-hybridized carbons (Fsp3) is 0.471. The van der Waals surface area contributed by atoms with Crippen molar-refractivity contribution in [2.45, 2.75) is 32.9 Å². The molecule has 0 saturated heterocycles. The van der Waals surface area contributed by atoms with Gasteiger partial charge in [0.2, 0.25) is 11.7 Å². The smallest absolute Gasteiger partial charge is 0.287 e. The van der Waals surface area contributed by atoms with E-state index in [-0.39, 0.29) is 26.1 Å². The molecule has 0 aliphatic heterocycles. The second kappa shape index (κ2) is 9.24. The Morgan fingerprint density at radius 2 is 1.76 bits per heavy atom. The second-order valence-electron chi connectivity index (χ2n) is 6.32. The molecule has 8 heteroatoms. The van der Waals surface area contributed by atoms with Gasteiger partial charge in [0, 0.05) is 24.9 Å². The van der Waals surface area contributed by atoms with Crippen LogP contribution in [0.5, 0.6) is 0 Å². The molecule has 7 nitrogen and oxygen atoms in total. The van der Waals surface area contributed by atoms with Gasteiger partial charge in [-0.3, -0.25) is 14.4 Å². The van der Waals surface area contributed by atoms with Crippen molar-refractivity contribution in [2.75, 3.05) is 13.2 Å². The lowest BCUT2D eigenvalue weighted by atomic mass is 9.87. The van der Waals surface area contributed by atoms with Crippen LogP contribution in [0, 0.1) is 11.2 Å². The maximum absolute atomic E-state index is 12.8. The van der Waals surface area contributed by atoms with Crippen molar-refractivity contribution in [3.05, 3.63) is 35.6 Å². The van der Waals surface area contributed by atoms with E-state index in [1.54, 1.807) is 0 Å². The standard InChI is InChI=1S/C17H23FN2O5/c1-17(2,10-21)14(23)16(25)19-8-7-13(22)15(24)20-9-11-3-5-12(18)6-4-11/h3-6,14,21,23H,7-10H2,1-2H3,(H,19,25)(H,20,24)/t14-/m0/s1. The first-order valence-corrected chi connectivity index (χ1v) is 7.79. The van der Waals surface area contributed by atoms with E-state index in [9.17, 15) is 23.9 Å². The molecule has 0 spiro atoms. The van der Waals surface area contributed by atoms with Gasteiger partial charge in [-0.05, 0) is 17.7 Å². The van der Waals surface area contributed by atoms with Gasteiger partial charge in [-0.1, -0.05) is 26.0 Å². The van der Waals surface area contributed by atoms with Crippen LogP contribution in [-0.2, 0) is 20.9 Å². The Bertz CT molecular complexity index is 616. The zero-order chi connectivity index (χ0) is 19.0. The molecule has 1 aromatic rings. The van der Waals surface area contributed by atoms with Gasteiger partial charge in [0.1, 0.15) is 11.9 Å². The maximum atomic E-state index is 12.8. The van der Waals surface area contributed by atoms with Gasteiger partial charge >= 0.3 is 0 Å². The molecule has 1 aromatic carbocycles. The number of hydrogen-bond donors (Lipinski definition) is 4. The molecule has 0 bridgehead atoms. The Labute approximate surface area is 145 Å². The van der Waals surface area contributed by atoms with Crippen LogP contribution in [0.1, 0.15) is 25.8 Å². The number of Topliss-reactive ketones (excluding diaryl/α,β-unsaturated/α-hetero) is 1. The molecule has 4 N–H and O–H groups in total. The molecular weight excluding hydrogens is 331 g/mol. The fourth-order valence-corrected chi connectivity index (χ4v) is 1.83. The maximum Gasteiger partial charge on any atom is 0.287 e. The zero-order valence-electron chi connectivity index (χ0n) is 14.2. The number of carbonyl (C=O) groups is 3. The lowest BCUT2D eigenvalue weighted by molar-refractivity contribution is -0.139. The Morgan fingerprint density at radius 3 is 2.32 bits per heavy atom. The van der Waals surface area contributed by atoms with Gasteiger partial charge in [0.25, 0.3) is 5.91 Å². The van der Waals surface area contributed by atoms with Gasteiger partial charge in [-0.15, -0.1) is 0 Å². The van der Waals surface area contributed by atoms with E-state index in [1.807, 2.05) is 0 Å². The third kappa shape index (κ3) is 6.60. The summed E-state index contributed by atoms with van der Waals surface area (Å²) in [6.45, 7) is 2.63. The average molecular weight is 354 g/mol. The average Bonchev–Trinajstić information content (AvgIpc) is 2.59. The van der Waals surface area contributed by atoms with Crippen LogP contribution in [-0.4, -0.2) is 47.1 Å². The summed E-state index contributed by atoms with van der Waals surface area (Å²) in [4.78, 5) is 35.1. The minimum atomic E-state index is -1.43. The van der Waals surface area contributed by atoms with E-state index in [2.05, 4.69) is 10.6 Å². The summed E-state index contributed by atoms with van der Waals surface area (Å²) in [5.74, 6) is -2.65. The summed E-state index contributed by atoms with van der Waals surface area (Å²) >= 11 is 0. The van der Waals surface area contributed by atoms with Crippen LogP contribution in [0.25, 0.3) is 0 Å². The number of amides is 2. The largest absolute Gasteiger partial charge is 0.396 e. The molecule has 0 heterocycles. The van der Waals surface area contributed by atoms with Gasteiger partial charge in [-0.2, -0.15) is 0 Å². The Kier molecular flexibility index (Phi) is 7.66. The third-order valence-electron chi connectivity index (χ3n) is 3.67.